The summed E-state index contributed by atoms with van der Waals surface area (Å²) in [5.41, 5.74) is 1.60. The fraction of sp³-hybridized carbons (Fsp3) is 0.294. The highest BCUT2D eigenvalue weighted by atomic mass is 32.2. The van der Waals surface area contributed by atoms with Gasteiger partial charge >= 0.3 is 0 Å². The molecule has 1 aliphatic heterocycles. The molecular formula is C17H20N2O6S2. The van der Waals surface area contributed by atoms with E-state index >= 15 is 0 Å². The summed E-state index contributed by atoms with van der Waals surface area (Å²) in [7, 11) is -4.53. The Labute approximate surface area is 158 Å². The van der Waals surface area contributed by atoms with Crippen LogP contribution in [-0.4, -0.2) is 43.9 Å². The standard InChI is InChI=1S/C17H20N2O6S2/c1-24-14-6-7-17(16(11-14)25-2)27(22,23)18-13-5-4-12-8-9-19(15(12)10-13)26(3,20)21/h4-7,10-11,18H,8-9H2,1-3H3. The van der Waals surface area contributed by atoms with Crippen molar-refractivity contribution < 1.29 is 26.3 Å². The van der Waals surface area contributed by atoms with Crippen LogP contribution in [-0.2, 0) is 26.5 Å². The molecule has 0 aliphatic carbocycles. The van der Waals surface area contributed by atoms with Crippen LogP contribution in [0.1, 0.15) is 5.56 Å². The minimum Gasteiger partial charge on any atom is -0.497 e. The van der Waals surface area contributed by atoms with Crippen LogP contribution in [0.5, 0.6) is 11.5 Å². The molecule has 27 heavy (non-hydrogen) atoms. The van der Waals surface area contributed by atoms with Gasteiger partial charge in [-0.1, -0.05) is 6.07 Å². The lowest BCUT2D eigenvalue weighted by molar-refractivity contribution is 0.386. The van der Waals surface area contributed by atoms with Gasteiger partial charge in [0.05, 0.1) is 31.9 Å². The van der Waals surface area contributed by atoms with E-state index in [1.807, 2.05) is 0 Å². The van der Waals surface area contributed by atoms with Gasteiger partial charge in [0.2, 0.25) is 10.0 Å². The molecule has 0 unspecified atom stereocenters. The number of hydrogen-bond donors (Lipinski definition) is 1. The Morgan fingerprint density at radius 1 is 1.00 bits per heavy atom. The Hall–Kier alpha value is -2.46. The van der Waals surface area contributed by atoms with Crippen LogP contribution in [0.15, 0.2) is 41.3 Å². The first-order chi connectivity index (χ1) is 12.7. The molecule has 0 amide bonds. The fourth-order valence-electron chi connectivity index (χ4n) is 2.96. The van der Waals surface area contributed by atoms with Gasteiger partial charge in [0.15, 0.2) is 0 Å². The monoisotopic (exact) mass is 412 g/mol. The molecule has 146 valence electrons. The van der Waals surface area contributed by atoms with Crippen LogP contribution in [0.2, 0.25) is 0 Å². The van der Waals surface area contributed by atoms with E-state index in [9.17, 15) is 16.8 Å². The lowest BCUT2D eigenvalue weighted by atomic mass is 10.1. The second-order valence-corrected chi connectivity index (χ2v) is 9.61. The molecule has 8 nitrogen and oxygen atoms in total. The molecular weight excluding hydrogens is 392 g/mol. The fourth-order valence-corrected chi connectivity index (χ4v) is 5.12. The van der Waals surface area contributed by atoms with Gasteiger partial charge in [-0.15, -0.1) is 0 Å². The normalized spacial score (nSPS) is 14.0. The van der Waals surface area contributed by atoms with E-state index in [2.05, 4.69) is 4.72 Å². The maximum absolute atomic E-state index is 12.8. The SMILES string of the molecule is COc1ccc(S(=O)(=O)Nc2ccc3c(c2)N(S(C)(=O)=O)CC3)c(OC)c1. The predicted octanol–water partition coefficient (Wildman–Crippen LogP) is 1.83. The average Bonchev–Trinajstić information content (AvgIpc) is 3.04. The third-order valence-electron chi connectivity index (χ3n) is 4.25. The molecule has 1 aliphatic rings. The summed E-state index contributed by atoms with van der Waals surface area (Å²) < 4.78 is 63.4. The third-order valence-corrected chi connectivity index (χ3v) is 6.85. The predicted molar refractivity (Wildman–Crippen MR) is 103 cm³/mol. The van der Waals surface area contributed by atoms with Gasteiger partial charge in [-0.05, 0) is 36.2 Å². The van der Waals surface area contributed by atoms with Gasteiger partial charge in [-0.25, -0.2) is 16.8 Å². The molecule has 10 heteroatoms. The first-order valence-corrected chi connectivity index (χ1v) is 11.3. The molecule has 1 N–H and O–H groups in total. The summed E-state index contributed by atoms with van der Waals surface area (Å²) in [6.07, 6.45) is 1.71. The molecule has 0 atom stereocenters. The Morgan fingerprint density at radius 2 is 1.74 bits per heavy atom. The molecule has 0 radical (unpaired) electrons. The van der Waals surface area contributed by atoms with Crippen LogP contribution in [0.3, 0.4) is 0 Å². The van der Waals surface area contributed by atoms with Crippen LogP contribution in [0.25, 0.3) is 0 Å². The molecule has 0 saturated carbocycles. The summed E-state index contributed by atoms with van der Waals surface area (Å²) >= 11 is 0. The van der Waals surface area contributed by atoms with Crippen molar-refractivity contribution in [1.82, 2.24) is 0 Å². The molecule has 0 spiro atoms. The highest BCUT2D eigenvalue weighted by Crippen LogP contribution is 2.34. The third kappa shape index (κ3) is 3.81. The van der Waals surface area contributed by atoms with Gasteiger partial charge in [0, 0.05) is 12.6 Å². The number of rotatable bonds is 6. The van der Waals surface area contributed by atoms with Crippen molar-refractivity contribution in [2.24, 2.45) is 0 Å². The number of anilines is 2. The van der Waals surface area contributed by atoms with E-state index in [1.54, 1.807) is 12.1 Å². The molecule has 0 fully saturated rings. The maximum Gasteiger partial charge on any atom is 0.265 e. The summed E-state index contributed by atoms with van der Waals surface area (Å²) in [5.74, 6) is 0.605. The van der Waals surface area contributed by atoms with Gasteiger partial charge in [-0.3, -0.25) is 9.03 Å². The summed E-state index contributed by atoms with van der Waals surface area (Å²) in [6.45, 7) is 0.344. The molecule has 2 aromatic carbocycles. The summed E-state index contributed by atoms with van der Waals surface area (Å²) in [5, 5.41) is 0. The largest absolute Gasteiger partial charge is 0.497 e. The van der Waals surface area contributed by atoms with Crippen molar-refractivity contribution in [3.05, 3.63) is 42.0 Å². The summed E-state index contributed by atoms with van der Waals surface area (Å²) in [6, 6.07) is 9.24. The van der Waals surface area contributed by atoms with E-state index in [0.29, 0.717) is 24.4 Å². The van der Waals surface area contributed by atoms with Crippen molar-refractivity contribution in [3.63, 3.8) is 0 Å². The second-order valence-electron chi connectivity index (χ2n) is 6.05. The Morgan fingerprint density at radius 3 is 2.37 bits per heavy atom. The number of ether oxygens (including phenoxy) is 2. The number of nitrogens with one attached hydrogen (secondary N) is 1. The number of sulfonamides is 2. The van der Waals surface area contributed by atoms with Gasteiger partial charge in [-0.2, -0.15) is 0 Å². The Balaban J connectivity index is 1.96. The molecule has 1 heterocycles. The minimum absolute atomic E-state index is 0.0498. The zero-order valence-electron chi connectivity index (χ0n) is 15.1. The molecule has 3 rings (SSSR count). The highest BCUT2D eigenvalue weighted by molar-refractivity contribution is 7.93. The van der Waals surface area contributed by atoms with Crippen molar-refractivity contribution in [3.8, 4) is 11.5 Å². The lowest BCUT2D eigenvalue weighted by Gasteiger charge is -2.18. The Bertz CT molecular complexity index is 1080. The van der Waals surface area contributed by atoms with Gasteiger partial charge in [0.25, 0.3) is 10.0 Å². The molecule has 0 aromatic heterocycles. The number of benzene rings is 2. The summed E-state index contributed by atoms with van der Waals surface area (Å²) in [4.78, 5) is -0.0498. The van der Waals surface area contributed by atoms with Crippen molar-refractivity contribution >= 4 is 31.4 Å². The number of methoxy groups -OCH3 is 2. The average molecular weight is 412 g/mol. The highest BCUT2D eigenvalue weighted by Gasteiger charge is 2.27. The molecule has 2 aromatic rings. The zero-order chi connectivity index (χ0) is 19.8. The van der Waals surface area contributed by atoms with E-state index in [0.717, 1.165) is 11.8 Å². The van der Waals surface area contributed by atoms with Crippen LogP contribution >= 0.6 is 0 Å². The van der Waals surface area contributed by atoms with Crippen LogP contribution < -0.4 is 18.5 Å². The number of fused-ring (bicyclic) bond motifs is 1. The quantitative estimate of drug-likeness (QED) is 0.777. The maximum atomic E-state index is 12.8. The van der Waals surface area contributed by atoms with E-state index in [1.165, 1.54) is 42.8 Å². The van der Waals surface area contributed by atoms with E-state index < -0.39 is 20.0 Å². The van der Waals surface area contributed by atoms with Crippen molar-refractivity contribution in [2.45, 2.75) is 11.3 Å². The molecule has 0 bridgehead atoms. The van der Waals surface area contributed by atoms with Crippen LogP contribution in [0, 0.1) is 0 Å². The first-order valence-electron chi connectivity index (χ1n) is 8.01. The topological polar surface area (TPSA) is 102 Å². The lowest BCUT2D eigenvalue weighted by Crippen LogP contribution is -2.27. The first kappa shape index (κ1) is 19.3. The number of hydrogen-bond acceptors (Lipinski definition) is 6. The van der Waals surface area contributed by atoms with Crippen molar-refractivity contribution in [2.75, 3.05) is 36.0 Å². The van der Waals surface area contributed by atoms with Crippen molar-refractivity contribution in [1.29, 1.82) is 0 Å². The van der Waals surface area contributed by atoms with Gasteiger partial charge < -0.3 is 9.47 Å². The van der Waals surface area contributed by atoms with Crippen LogP contribution in [0.4, 0.5) is 11.4 Å². The Kier molecular flexibility index (Phi) is 4.96. The minimum atomic E-state index is -3.95. The van der Waals surface area contributed by atoms with E-state index in [4.69, 9.17) is 9.47 Å². The van der Waals surface area contributed by atoms with Gasteiger partial charge in [0.1, 0.15) is 16.4 Å². The number of nitrogens with zero attached hydrogens (tertiary/aromatic N) is 1. The molecule has 0 saturated heterocycles. The van der Waals surface area contributed by atoms with E-state index in [-0.39, 0.29) is 16.3 Å². The smallest absolute Gasteiger partial charge is 0.265 e. The zero-order valence-corrected chi connectivity index (χ0v) is 16.7. The second kappa shape index (κ2) is 6.93.